The zero-order valence-electron chi connectivity index (χ0n) is 74.5. The molecule has 0 saturated carbocycles. The number of methoxy groups -OCH3 is 1. The molecule has 2 unspecified atom stereocenters. The maximum absolute atomic E-state index is 13.5. The Morgan fingerprint density at radius 3 is 1.25 bits per heavy atom. The lowest BCUT2D eigenvalue weighted by Crippen LogP contribution is -2.45. The number of aliphatic hydroxyl groups is 5. The molecule has 0 spiro atoms. The van der Waals surface area contributed by atoms with Crippen molar-refractivity contribution in [3.05, 3.63) is 272 Å². The third-order valence-corrected chi connectivity index (χ3v) is 22.8. The van der Waals surface area contributed by atoms with Crippen LogP contribution in [0.2, 0.25) is 6.04 Å². The van der Waals surface area contributed by atoms with Crippen LogP contribution in [0.3, 0.4) is 0 Å². The number of nitrogens with zero attached hydrogens (tertiary/aromatic N) is 1. The predicted octanol–water partition coefficient (Wildman–Crippen LogP) is 13.5. The zero-order chi connectivity index (χ0) is 95.1. The summed E-state index contributed by atoms with van der Waals surface area (Å²) in [6, 6.07) is 49.7. The molecule has 8 N–H and O–H groups in total. The molecule has 129 heavy (non-hydrogen) atoms. The number of rotatable bonds is 47. The lowest BCUT2D eigenvalue weighted by atomic mass is 9.84. The number of carbonyl (C=O) groups excluding carboxylic acids is 9. The number of ketones is 6. The lowest BCUT2D eigenvalue weighted by Gasteiger charge is -2.28. The molecule has 30 nitrogen and oxygen atoms in total. The molecule has 0 aliphatic carbocycles. The van der Waals surface area contributed by atoms with E-state index in [2.05, 4.69) is 0 Å². The van der Waals surface area contributed by atoms with Crippen LogP contribution in [0, 0.1) is 5.41 Å². The Balaban J connectivity index is 0.000000366. The first kappa shape index (κ1) is 108. The molecular formula is C98H119NO29Si. The first-order valence-corrected chi connectivity index (χ1v) is 43.1. The molecule has 0 fully saturated rings. The van der Waals surface area contributed by atoms with Crippen molar-refractivity contribution in [3.63, 3.8) is 0 Å². The van der Waals surface area contributed by atoms with Crippen molar-refractivity contribution in [3.8, 4) is 11.5 Å². The summed E-state index contributed by atoms with van der Waals surface area (Å²) in [6.45, 7) is 18.5. The van der Waals surface area contributed by atoms with E-state index < -0.39 is 101 Å². The number of aromatic carboxylic acids is 2. The van der Waals surface area contributed by atoms with Gasteiger partial charge in [-0.1, -0.05) is 143 Å². The smallest absolute Gasteiger partial charge is 0.491 e. The topological polar surface area (TPSA) is 453 Å². The van der Waals surface area contributed by atoms with Crippen LogP contribution >= 0.6 is 0 Å². The molecule has 0 aromatic heterocycles. The largest absolute Gasteiger partial charge is 0.500 e. The molecule has 8 rings (SSSR count). The second-order valence-corrected chi connectivity index (χ2v) is 36.0. The van der Waals surface area contributed by atoms with Gasteiger partial charge >= 0.3 is 44.6 Å². The third kappa shape index (κ3) is 34.2. The predicted molar refractivity (Wildman–Crippen MR) is 479 cm³/mol. The standard InChI is InChI=1S/C41H40O13.C36H53NO13Si.C20H22O3.CH4/c1-40(2,51)34(43)25-9-5-23(6-10-25)17-19-53-38(49)30-16-14-27(21-31(30)37(47)48)33(42)28-13-15-29(36(45)46)32(22-28)39(50)54-20-18-24-7-11-26(12-8-24)35(44)41(3,4)52;1-35(2,42)33(40)27-9-13-29(14-10-27)47-22-23-49-32(39)18-21-37(20-17-31(38)44-5)19-8-26-51(45-6,46-7)50-25-24-48-30-15-11-28(12-16-30)34(41)36(3,4)43;1-20(2,3)19(23)16-11-9-15(10-12-16)17(13-18(21)22)14-7-5-4-6-8-14;/h5-16,21-22,39,50-52H,17-20H2,1-4H3,(H,45,46)(H,47,48);9-16,42-43H,8,17-26H2,1-7H3;4-12,17H,13H2,1-3H3,(H,21,22);1H4. The highest BCUT2D eigenvalue weighted by Gasteiger charge is 2.39. The minimum atomic E-state index is -3.06. The lowest BCUT2D eigenvalue weighted by molar-refractivity contribution is -0.144. The monoisotopic (exact) mass is 1800 g/mol. The molecule has 0 radical (unpaired) electrons. The molecule has 694 valence electrons. The number of hydrogen-bond acceptors (Lipinski definition) is 27. The summed E-state index contributed by atoms with van der Waals surface area (Å²) in [5.74, 6) is -7.01. The molecule has 31 heteroatoms. The van der Waals surface area contributed by atoms with Crippen LogP contribution in [0.4, 0.5) is 0 Å². The van der Waals surface area contributed by atoms with Crippen molar-refractivity contribution in [1.82, 2.24) is 4.90 Å². The van der Waals surface area contributed by atoms with E-state index >= 15 is 0 Å². The Bertz CT molecular complexity index is 5090. The minimum absolute atomic E-state index is 0. The number of hydrogen-bond donors (Lipinski definition) is 8. The summed E-state index contributed by atoms with van der Waals surface area (Å²) in [7, 11) is 1.31. The Labute approximate surface area is 752 Å². The second-order valence-electron chi connectivity index (χ2n) is 33.0. The van der Waals surface area contributed by atoms with Crippen LogP contribution < -0.4 is 9.47 Å². The van der Waals surface area contributed by atoms with Crippen molar-refractivity contribution in [2.45, 2.75) is 163 Å². The maximum Gasteiger partial charge on any atom is 0.500 e. The number of aliphatic hydroxyl groups excluding tert-OH is 1. The molecular weight excluding hydrogens is 1680 g/mol. The number of carboxylic acids is 3. The maximum atomic E-state index is 13.5. The van der Waals surface area contributed by atoms with E-state index in [1.54, 1.807) is 97.1 Å². The molecule has 0 aliphatic heterocycles. The van der Waals surface area contributed by atoms with Crippen molar-refractivity contribution >= 4 is 79.3 Å². The van der Waals surface area contributed by atoms with Gasteiger partial charge in [-0.25, -0.2) is 14.4 Å². The highest BCUT2D eigenvalue weighted by Crippen LogP contribution is 2.32. The second kappa shape index (κ2) is 49.5. The van der Waals surface area contributed by atoms with E-state index in [1.165, 1.54) is 101 Å². The fourth-order valence-electron chi connectivity index (χ4n) is 12.8. The summed E-state index contributed by atoms with van der Waals surface area (Å²) < 4.78 is 49.7. The fraction of sp³-hybridized carbons (Fsp3) is 0.388. The van der Waals surface area contributed by atoms with E-state index in [1.807, 2.05) is 68.1 Å². The summed E-state index contributed by atoms with van der Waals surface area (Å²) >= 11 is 0. The van der Waals surface area contributed by atoms with Gasteiger partial charge in [0.1, 0.15) is 53.7 Å². The van der Waals surface area contributed by atoms with E-state index in [9.17, 15) is 98.4 Å². The zero-order valence-corrected chi connectivity index (χ0v) is 75.5. The number of Topliss-reactive ketones (excluding diaryl/α,β-unsaturated/α-hetero) is 5. The molecule has 2 atom stereocenters. The van der Waals surface area contributed by atoms with Crippen molar-refractivity contribution in [2.75, 3.05) is 80.6 Å². The minimum Gasteiger partial charge on any atom is -0.491 e. The molecule has 8 aromatic rings. The quantitative estimate of drug-likeness (QED) is 0.00438. The molecule has 0 aliphatic rings. The molecule has 0 amide bonds. The van der Waals surface area contributed by atoms with Gasteiger partial charge in [-0.05, 0) is 170 Å². The first-order valence-electron chi connectivity index (χ1n) is 41.2. The van der Waals surface area contributed by atoms with Gasteiger partial charge in [0, 0.05) is 95.6 Å². The normalized spacial score (nSPS) is 12.1. The van der Waals surface area contributed by atoms with Gasteiger partial charge in [0.2, 0.25) is 0 Å². The number of ether oxygens (including phenoxy) is 6. The van der Waals surface area contributed by atoms with Gasteiger partial charge in [0.15, 0.2) is 41.0 Å². The summed E-state index contributed by atoms with van der Waals surface area (Å²) in [6.07, 6.45) is -0.400. The number of aliphatic carboxylic acids is 1. The Morgan fingerprint density at radius 2 is 0.814 bits per heavy atom. The van der Waals surface area contributed by atoms with E-state index in [0.29, 0.717) is 77.0 Å². The fourth-order valence-corrected chi connectivity index (χ4v) is 14.7. The molecule has 0 saturated heterocycles. The van der Waals surface area contributed by atoms with Crippen LogP contribution in [0.15, 0.2) is 188 Å². The van der Waals surface area contributed by atoms with Crippen molar-refractivity contribution in [2.24, 2.45) is 5.41 Å². The Kier molecular flexibility index (Phi) is 41.3. The van der Waals surface area contributed by atoms with Crippen LogP contribution in [0.1, 0.15) is 248 Å². The van der Waals surface area contributed by atoms with Crippen LogP contribution in [-0.2, 0) is 59.5 Å². The first-order chi connectivity index (χ1) is 60.1. The van der Waals surface area contributed by atoms with E-state index in [0.717, 1.165) is 41.0 Å². The van der Waals surface area contributed by atoms with Gasteiger partial charge in [-0.15, -0.1) is 0 Å². The molecule has 0 heterocycles. The third-order valence-electron chi connectivity index (χ3n) is 19.9. The van der Waals surface area contributed by atoms with Crippen LogP contribution in [-0.4, -0.2) is 228 Å². The Hall–Kier alpha value is -12.0. The highest BCUT2D eigenvalue weighted by atomic mass is 28.4. The van der Waals surface area contributed by atoms with Crippen LogP contribution in [0.25, 0.3) is 0 Å². The van der Waals surface area contributed by atoms with E-state index in [4.69, 9.17) is 41.7 Å². The van der Waals surface area contributed by atoms with Gasteiger partial charge in [-0.2, -0.15) is 0 Å². The summed E-state index contributed by atoms with van der Waals surface area (Å²) in [4.78, 5) is 149. The highest BCUT2D eigenvalue weighted by molar-refractivity contribution is 6.60. The molecule has 8 aromatic carbocycles. The number of carbonyl (C=O) groups is 12. The number of benzene rings is 8. The van der Waals surface area contributed by atoms with E-state index in [-0.39, 0.29) is 130 Å². The average Bonchev–Trinajstić information content (AvgIpc) is 0.795. The number of carboxylic acid groups (broad SMARTS) is 3. The van der Waals surface area contributed by atoms with Gasteiger partial charge in [0.25, 0.3) is 0 Å². The van der Waals surface area contributed by atoms with Gasteiger partial charge < -0.3 is 87.5 Å². The summed E-state index contributed by atoms with van der Waals surface area (Å²) in [5.41, 5.74) is -2.74. The van der Waals surface area contributed by atoms with Crippen LogP contribution in [0.5, 0.6) is 11.5 Å². The molecule has 0 bridgehead atoms. The van der Waals surface area contributed by atoms with Gasteiger partial charge in [0.05, 0.1) is 62.9 Å². The van der Waals surface area contributed by atoms with Crippen molar-refractivity contribution in [1.29, 1.82) is 0 Å². The summed E-state index contributed by atoms with van der Waals surface area (Å²) in [5, 5.41) is 79.3. The Morgan fingerprint density at radius 1 is 0.411 bits per heavy atom. The number of esters is 3. The SMILES string of the molecule is C.CC(C)(C)C(=O)c1ccc(C(CC(=O)O)c2ccccc2)cc1.CC(C)(O)C(=O)c1ccc(CCOC(=O)c2ccc(C(=O)c3ccc(C(=O)O)c(C(O)OCCc4ccc(C(=O)C(C)(C)O)cc4)c3)cc2C(=O)O)cc1.COC(=O)CCN(CCC[Si](OC)(OC)OCCOc1ccc(C(=O)C(C)(C)O)cc1)CCC(=O)OCCOc1ccc(C(=O)C(C)(C)O)cc1. The van der Waals surface area contributed by atoms with Gasteiger partial charge in [-0.3, -0.25) is 43.2 Å². The average molecular weight is 1800 g/mol. The van der Waals surface area contributed by atoms with Crippen molar-refractivity contribution < 1.29 is 140 Å².